The number of rotatable bonds is 9. The van der Waals surface area contributed by atoms with Crippen LogP contribution in [0.4, 0.5) is 42.0 Å². The topological polar surface area (TPSA) is 116 Å². The molecule has 4 rings (SSSR count). The normalized spacial score (nSPS) is 13.2. The molecule has 0 bridgehead atoms. The molecule has 0 radical (unpaired) electrons. The number of aromatic nitrogens is 2. The Bertz CT molecular complexity index is 1430. The number of hydrogen-bond donors (Lipinski definition) is 3. The zero-order chi connectivity index (χ0) is 26.8. The van der Waals surface area contributed by atoms with Crippen LogP contribution >= 0.6 is 0 Å². The Labute approximate surface area is 212 Å². The molecule has 3 aromatic rings. The standard InChI is InChI=1S/C24H25F3N6O3S/c1-3-33(37(35,36)4-2)20-8-6-5-7-16(20)13-28-22-18(24(25,26)27)14-29-23(32-22)30-17-10-9-15-11-21(34)31-19(15)12-17/h5-10,12,14H,3-4,11,13H2,1-2H3,(H,31,34)(H2,28,29,30,32). The molecule has 3 N–H and O–H groups in total. The summed E-state index contributed by atoms with van der Waals surface area (Å²) in [5.74, 6) is -0.806. The lowest BCUT2D eigenvalue weighted by Crippen LogP contribution is -2.33. The number of para-hydroxylation sites is 1. The number of fused-ring (bicyclic) bond motifs is 1. The molecule has 0 saturated carbocycles. The maximum Gasteiger partial charge on any atom is 0.421 e. The number of amides is 1. The van der Waals surface area contributed by atoms with Gasteiger partial charge in [0.1, 0.15) is 11.4 Å². The van der Waals surface area contributed by atoms with E-state index in [1.807, 2.05) is 0 Å². The number of carbonyl (C=O) groups excluding carboxylic acids is 1. The lowest BCUT2D eigenvalue weighted by atomic mass is 10.1. The minimum atomic E-state index is -4.72. The summed E-state index contributed by atoms with van der Waals surface area (Å²) in [6, 6.07) is 11.7. The molecule has 0 aliphatic carbocycles. The third-order valence-corrected chi connectivity index (χ3v) is 7.64. The molecule has 0 atom stereocenters. The van der Waals surface area contributed by atoms with Crippen LogP contribution in [0.3, 0.4) is 0 Å². The highest BCUT2D eigenvalue weighted by molar-refractivity contribution is 7.92. The lowest BCUT2D eigenvalue weighted by Gasteiger charge is -2.25. The third kappa shape index (κ3) is 5.77. The number of hydrogen-bond acceptors (Lipinski definition) is 7. The summed E-state index contributed by atoms with van der Waals surface area (Å²) in [4.78, 5) is 19.4. The van der Waals surface area contributed by atoms with E-state index in [-0.39, 0.29) is 37.1 Å². The van der Waals surface area contributed by atoms with E-state index >= 15 is 0 Å². The number of benzene rings is 2. The first-order valence-electron chi connectivity index (χ1n) is 11.5. The van der Waals surface area contributed by atoms with Gasteiger partial charge in [0.05, 0.1) is 17.9 Å². The summed E-state index contributed by atoms with van der Waals surface area (Å²) >= 11 is 0. The minimum Gasteiger partial charge on any atom is -0.365 e. The summed E-state index contributed by atoms with van der Waals surface area (Å²) in [5, 5.41) is 8.28. The highest BCUT2D eigenvalue weighted by Gasteiger charge is 2.35. The molecule has 0 fully saturated rings. The van der Waals surface area contributed by atoms with Crippen LogP contribution in [0.2, 0.25) is 0 Å². The molecule has 196 valence electrons. The Balaban J connectivity index is 1.62. The molecular weight excluding hydrogens is 509 g/mol. The van der Waals surface area contributed by atoms with E-state index in [1.165, 1.54) is 11.2 Å². The number of carbonyl (C=O) groups is 1. The second-order valence-corrected chi connectivity index (χ2v) is 10.4. The molecule has 1 aliphatic rings. The van der Waals surface area contributed by atoms with Gasteiger partial charge in [-0.25, -0.2) is 13.4 Å². The number of alkyl halides is 3. The maximum absolute atomic E-state index is 13.7. The molecule has 37 heavy (non-hydrogen) atoms. The fourth-order valence-corrected chi connectivity index (χ4v) is 5.14. The highest BCUT2D eigenvalue weighted by atomic mass is 32.2. The summed E-state index contributed by atoms with van der Waals surface area (Å²) in [7, 11) is -3.59. The van der Waals surface area contributed by atoms with Crippen molar-refractivity contribution in [3.05, 3.63) is 65.4 Å². The third-order valence-electron chi connectivity index (χ3n) is 5.78. The Morgan fingerprint density at radius 1 is 1.14 bits per heavy atom. The zero-order valence-electron chi connectivity index (χ0n) is 20.1. The molecule has 1 aromatic heterocycles. The first-order chi connectivity index (χ1) is 17.5. The highest BCUT2D eigenvalue weighted by Crippen LogP contribution is 2.35. The number of sulfonamides is 1. The van der Waals surface area contributed by atoms with E-state index in [9.17, 15) is 26.4 Å². The van der Waals surface area contributed by atoms with Gasteiger partial charge in [-0.05, 0) is 43.2 Å². The van der Waals surface area contributed by atoms with Crippen molar-refractivity contribution in [2.24, 2.45) is 0 Å². The van der Waals surface area contributed by atoms with Crippen LogP contribution in [0.15, 0.2) is 48.7 Å². The summed E-state index contributed by atoms with van der Waals surface area (Å²) in [6.07, 6.45) is -3.78. The summed E-state index contributed by atoms with van der Waals surface area (Å²) in [6.45, 7) is 3.27. The average molecular weight is 535 g/mol. The Hall–Kier alpha value is -3.87. The molecule has 13 heteroatoms. The van der Waals surface area contributed by atoms with Crippen LogP contribution in [0, 0.1) is 0 Å². The van der Waals surface area contributed by atoms with Gasteiger partial charge in [-0.3, -0.25) is 9.10 Å². The molecule has 0 spiro atoms. The van der Waals surface area contributed by atoms with Gasteiger partial charge in [-0.2, -0.15) is 18.2 Å². The van der Waals surface area contributed by atoms with E-state index in [4.69, 9.17) is 0 Å². The van der Waals surface area contributed by atoms with Crippen LogP contribution < -0.4 is 20.3 Å². The molecule has 1 aliphatic heterocycles. The largest absolute Gasteiger partial charge is 0.421 e. The van der Waals surface area contributed by atoms with Crippen LogP contribution in [0.1, 0.15) is 30.5 Å². The quantitative estimate of drug-likeness (QED) is 0.370. The van der Waals surface area contributed by atoms with E-state index in [0.29, 0.717) is 28.8 Å². The van der Waals surface area contributed by atoms with Gasteiger partial charge in [0.25, 0.3) is 0 Å². The first-order valence-corrected chi connectivity index (χ1v) is 13.1. The van der Waals surface area contributed by atoms with Gasteiger partial charge in [0.15, 0.2) is 0 Å². The van der Waals surface area contributed by atoms with Gasteiger partial charge in [0, 0.05) is 30.7 Å². The number of nitrogens with one attached hydrogen (secondary N) is 3. The van der Waals surface area contributed by atoms with Crippen molar-refractivity contribution in [3.8, 4) is 0 Å². The number of nitrogens with zero attached hydrogens (tertiary/aromatic N) is 3. The number of halogens is 3. The van der Waals surface area contributed by atoms with Crippen molar-refractivity contribution in [3.63, 3.8) is 0 Å². The lowest BCUT2D eigenvalue weighted by molar-refractivity contribution is -0.137. The van der Waals surface area contributed by atoms with Crippen molar-refractivity contribution >= 4 is 44.8 Å². The molecular formula is C24H25F3N6O3S. The maximum atomic E-state index is 13.7. The van der Waals surface area contributed by atoms with Gasteiger partial charge < -0.3 is 16.0 Å². The molecule has 9 nitrogen and oxygen atoms in total. The van der Waals surface area contributed by atoms with Crippen molar-refractivity contribution in [2.45, 2.75) is 33.0 Å². The Morgan fingerprint density at radius 2 is 1.89 bits per heavy atom. The SMILES string of the molecule is CCN(c1ccccc1CNc1nc(Nc2ccc3c(c2)NC(=O)C3)ncc1C(F)(F)F)S(=O)(=O)CC. The van der Waals surface area contributed by atoms with Crippen LogP contribution in [-0.2, 0) is 34.0 Å². The van der Waals surface area contributed by atoms with Crippen molar-refractivity contribution in [2.75, 3.05) is 32.6 Å². The zero-order valence-corrected chi connectivity index (χ0v) is 20.9. The predicted molar refractivity (Wildman–Crippen MR) is 135 cm³/mol. The Kier molecular flexibility index (Phi) is 7.25. The fraction of sp³-hybridized carbons (Fsp3) is 0.292. The molecule has 2 aromatic carbocycles. The molecule has 0 saturated heterocycles. The second kappa shape index (κ2) is 10.2. The van der Waals surface area contributed by atoms with Crippen molar-refractivity contribution < 1.29 is 26.4 Å². The predicted octanol–water partition coefficient (Wildman–Crippen LogP) is 4.52. The van der Waals surface area contributed by atoms with Crippen molar-refractivity contribution in [1.82, 2.24) is 9.97 Å². The van der Waals surface area contributed by atoms with E-state index in [2.05, 4.69) is 25.9 Å². The summed E-state index contributed by atoms with van der Waals surface area (Å²) in [5.41, 5.74) is 1.71. The van der Waals surface area contributed by atoms with Crippen LogP contribution in [0.25, 0.3) is 0 Å². The van der Waals surface area contributed by atoms with Gasteiger partial charge in [-0.15, -0.1) is 0 Å². The van der Waals surface area contributed by atoms with Gasteiger partial charge in [-0.1, -0.05) is 24.3 Å². The van der Waals surface area contributed by atoms with Crippen LogP contribution in [-0.4, -0.2) is 36.6 Å². The fourth-order valence-electron chi connectivity index (χ4n) is 3.96. The average Bonchev–Trinajstić information content (AvgIpc) is 3.22. The van der Waals surface area contributed by atoms with E-state index in [0.717, 1.165) is 5.56 Å². The van der Waals surface area contributed by atoms with Crippen LogP contribution in [0.5, 0.6) is 0 Å². The van der Waals surface area contributed by atoms with Gasteiger partial charge >= 0.3 is 6.18 Å². The van der Waals surface area contributed by atoms with E-state index < -0.39 is 27.6 Å². The monoisotopic (exact) mass is 534 g/mol. The van der Waals surface area contributed by atoms with Crippen molar-refractivity contribution in [1.29, 1.82) is 0 Å². The first kappa shape index (κ1) is 26.2. The summed E-state index contributed by atoms with van der Waals surface area (Å²) < 4.78 is 67.5. The molecule has 0 unspecified atom stereocenters. The number of anilines is 5. The molecule has 2 heterocycles. The smallest absolute Gasteiger partial charge is 0.365 e. The minimum absolute atomic E-state index is 0.0863. The van der Waals surface area contributed by atoms with Gasteiger partial charge in [0.2, 0.25) is 21.9 Å². The van der Waals surface area contributed by atoms with E-state index in [1.54, 1.807) is 49.4 Å². The molecule has 1 amide bonds. The Morgan fingerprint density at radius 3 is 2.59 bits per heavy atom. The second-order valence-electron chi connectivity index (χ2n) is 8.22.